The summed E-state index contributed by atoms with van der Waals surface area (Å²) in [6.07, 6.45) is 8.89. The van der Waals surface area contributed by atoms with Crippen LogP contribution >= 0.6 is 0 Å². The van der Waals surface area contributed by atoms with E-state index in [1.54, 1.807) is 0 Å². The van der Waals surface area contributed by atoms with Crippen LogP contribution in [0.5, 0.6) is 0 Å². The zero-order valence-corrected chi connectivity index (χ0v) is 10.3. The Labute approximate surface area is 100 Å². The molecule has 0 spiro atoms. The van der Waals surface area contributed by atoms with Gasteiger partial charge in [-0.2, -0.15) is 0 Å². The number of quaternary nitrogens is 1. The topological polar surface area (TPSA) is 0 Å². The van der Waals surface area contributed by atoms with Gasteiger partial charge in [0.25, 0.3) is 0 Å². The second kappa shape index (κ2) is 9.75. The molecule has 1 nitrogen and oxygen atoms in total. The second-order valence-electron chi connectivity index (χ2n) is 3.56. The number of halogens is 1. The summed E-state index contributed by atoms with van der Waals surface area (Å²) < 4.78 is 0.961. The van der Waals surface area contributed by atoms with Crippen molar-refractivity contribution in [3.05, 3.63) is 50.6 Å². The van der Waals surface area contributed by atoms with Gasteiger partial charge in [-0.15, -0.1) is 6.58 Å². The molecule has 0 N–H and O–H groups in total. The molecule has 0 aliphatic heterocycles. The van der Waals surface area contributed by atoms with Crippen LogP contribution in [0.1, 0.15) is 6.42 Å². The van der Waals surface area contributed by atoms with Crippen molar-refractivity contribution < 1.29 is 16.9 Å². The third-order valence-electron chi connectivity index (χ3n) is 2.36. The van der Waals surface area contributed by atoms with Gasteiger partial charge in [0, 0.05) is 6.42 Å². The van der Waals surface area contributed by atoms with Crippen LogP contribution in [0.2, 0.25) is 0 Å². The first-order valence-corrected chi connectivity index (χ1v) is 5.03. The zero-order chi connectivity index (χ0) is 10.9. The van der Waals surface area contributed by atoms with E-state index in [1.165, 1.54) is 0 Å². The highest BCUT2D eigenvalue weighted by Gasteiger charge is 2.21. The quantitative estimate of drug-likeness (QED) is 0.383. The Morgan fingerprint density at radius 3 is 1.40 bits per heavy atom. The monoisotopic (exact) mass is 227 g/mol. The third kappa shape index (κ3) is 6.32. The maximum Gasteiger partial charge on any atom is 0.0976 e. The average Bonchev–Trinajstić information content (AvgIpc) is 2.16. The van der Waals surface area contributed by atoms with Crippen LogP contribution in [0.15, 0.2) is 50.6 Å². The molecule has 0 saturated carbocycles. The molecule has 0 aromatic rings. The molecule has 2 heteroatoms. The Morgan fingerprint density at radius 1 is 0.733 bits per heavy atom. The summed E-state index contributed by atoms with van der Waals surface area (Å²) in [7, 11) is 0. The fourth-order valence-electron chi connectivity index (χ4n) is 1.68. The smallest absolute Gasteiger partial charge is 0.0976 e. The van der Waals surface area contributed by atoms with E-state index in [9.17, 15) is 0 Å². The van der Waals surface area contributed by atoms with Crippen molar-refractivity contribution in [2.75, 3.05) is 26.2 Å². The molecule has 0 bridgehead atoms. The van der Waals surface area contributed by atoms with Crippen LogP contribution in [-0.2, 0) is 0 Å². The highest BCUT2D eigenvalue weighted by Crippen LogP contribution is 2.09. The van der Waals surface area contributed by atoms with Crippen molar-refractivity contribution in [3.8, 4) is 0 Å². The van der Waals surface area contributed by atoms with E-state index in [2.05, 4.69) is 26.3 Å². The minimum absolute atomic E-state index is 0. The fourth-order valence-corrected chi connectivity index (χ4v) is 1.68. The van der Waals surface area contributed by atoms with Crippen LogP contribution in [-0.4, -0.2) is 30.7 Å². The lowest BCUT2D eigenvalue weighted by Gasteiger charge is -2.35. The van der Waals surface area contributed by atoms with Crippen molar-refractivity contribution in [3.63, 3.8) is 0 Å². The average molecular weight is 228 g/mol. The summed E-state index contributed by atoms with van der Waals surface area (Å²) in [5.74, 6) is 0. The summed E-state index contributed by atoms with van der Waals surface area (Å²) in [4.78, 5) is 0. The van der Waals surface area contributed by atoms with Gasteiger partial charge in [-0.1, -0.05) is 25.8 Å². The Morgan fingerprint density at radius 2 is 1.13 bits per heavy atom. The van der Waals surface area contributed by atoms with Gasteiger partial charge >= 0.3 is 0 Å². The molecule has 0 aromatic carbocycles. The van der Waals surface area contributed by atoms with E-state index in [0.717, 1.165) is 37.1 Å². The molecular formula is C13H22ClN. The molecule has 0 atom stereocenters. The molecule has 0 saturated heterocycles. The van der Waals surface area contributed by atoms with Crippen LogP contribution < -0.4 is 12.4 Å². The van der Waals surface area contributed by atoms with Crippen molar-refractivity contribution in [1.82, 2.24) is 0 Å². The number of rotatable bonds is 9. The summed E-state index contributed by atoms with van der Waals surface area (Å²) in [6, 6.07) is 0. The van der Waals surface area contributed by atoms with Crippen LogP contribution in [0.3, 0.4) is 0 Å². The Kier molecular flexibility index (Phi) is 10.8. The van der Waals surface area contributed by atoms with Gasteiger partial charge in [0.1, 0.15) is 0 Å². The predicted molar refractivity (Wildman–Crippen MR) is 65.1 cm³/mol. The van der Waals surface area contributed by atoms with Gasteiger partial charge in [0.05, 0.1) is 26.2 Å². The lowest BCUT2D eigenvalue weighted by Crippen LogP contribution is -3.00. The van der Waals surface area contributed by atoms with E-state index in [0.29, 0.717) is 0 Å². The lowest BCUT2D eigenvalue weighted by atomic mass is 10.2. The molecule has 86 valence electrons. The zero-order valence-electron chi connectivity index (χ0n) is 9.50. The van der Waals surface area contributed by atoms with Crippen molar-refractivity contribution in [1.29, 1.82) is 0 Å². The standard InChI is InChI=1S/C13H22N.ClH/c1-5-9-13-14(10-6-2,11-7-3)12-8-4;/h5-8H,1-4,9-13H2;1H/q+1;/p-1. The number of hydrogen-bond acceptors (Lipinski definition) is 0. The number of hydrogen-bond donors (Lipinski definition) is 0. The highest BCUT2D eigenvalue weighted by molar-refractivity contribution is 4.77. The Balaban J connectivity index is 0. The predicted octanol–water partition coefficient (Wildman–Crippen LogP) is -0.0587. The number of nitrogens with zero attached hydrogens (tertiary/aromatic N) is 1. The molecule has 0 amide bonds. The molecule has 0 aliphatic rings. The van der Waals surface area contributed by atoms with Gasteiger partial charge < -0.3 is 16.9 Å². The largest absolute Gasteiger partial charge is 1.00 e. The molecule has 0 rings (SSSR count). The molecule has 0 fully saturated rings. The minimum atomic E-state index is 0. The van der Waals surface area contributed by atoms with E-state index in [4.69, 9.17) is 0 Å². The Hall–Kier alpha value is -0.790. The highest BCUT2D eigenvalue weighted by atomic mass is 35.5. The van der Waals surface area contributed by atoms with E-state index in [-0.39, 0.29) is 12.4 Å². The van der Waals surface area contributed by atoms with Gasteiger partial charge in [-0.25, -0.2) is 0 Å². The molecule has 0 aliphatic carbocycles. The molecule has 0 unspecified atom stereocenters. The van der Waals surface area contributed by atoms with Gasteiger partial charge in [-0.3, -0.25) is 0 Å². The SMILES string of the molecule is C=CCC[N+](CC=C)(CC=C)CC=C.[Cl-]. The van der Waals surface area contributed by atoms with Gasteiger partial charge in [-0.05, 0) is 18.2 Å². The summed E-state index contributed by atoms with van der Waals surface area (Å²) in [6.45, 7) is 19.2. The van der Waals surface area contributed by atoms with E-state index >= 15 is 0 Å². The summed E-state index contributed by atoms with van der Waals surface area (Å²) >= 11 is 0. The van der Waals surface area contributed by atoms with Crippen LogP contribution in [0, 0.1) is 0 Å². The Bertz CT molecular complexity index is 182. The summed E-state index contributed by atoms with van der Waals surface area (Å²) in [5.41, 5.74) is 0. The molecular weight excluding hydrogens is 206 g/mol. The molecule has 15 heavy (non-hydrogen) atoms. The fraction of sp³-hybridized carbons (Fsp3) is 0.385. The summed E-state index contributed by atoms with van der Waals surface area (Å²) in [5, 5.41) is 0. The first-order valence-electron chi connectivity index (χ1n) is 5.03. The second-order valence-corrected chi connectivity index (χ2v) is 3.56. The normalized spacial score (nSPS) is 9.87. The maximum atomic E-state index is 3.81. The van der Waals surface area contributed by atoms with Gasteiger partial charge in [0.2, 0.25) is 0 Å². The molecule has 0 radical (unpaired) electrons. The van der Waals surface area contributed by atoms with E-state index in [1.807, 2.05) is 24.3 Å². The van der Waals surface area contributed by atoms with Crippen molar-refractivity contribution in [2.45, 2.75) is 6.42 Å². The first kappa shape index (κ1) is 16.6. The van der Waals surface area contributed by atoms with Crippen LogP contribution in [0.25, 0.3) is 0 Å². The van der Waals surface area contributed by atoms with Crippen molar-refractivity contribution >= 4 is 0 Å². The van der Waals surface area contributed by atoms with E-state index < -0.39 is 0 Å². The minimum Gasteiger partial charge on any atom is -1.00 e. The lowest BCUT2D eigenvalue weighted by molar-refractivity contribution is -0.911. The van der Waals surface area contributed by atoms with Gasteiger partial charge in [0.15, 0.2) is 0 Å². The maximum absolute atomic E-state index is 3.81. The third-order valence-corrected chi connectivity index (χ3v) is 2.36. The first-order chi connectivity index (χ1) is 6.74. The van der Waals surface area contributed by atoms with Crippen LogP contribution in [0.4, 0.5) is 0 Å². The van der Waals surface area contributed by atoms with Crippen molar-refractivity contribution in [2.24, 2.45) is 0 Å². The molecule has 0 heterocycles. The molecule has 0 aromatic heterocycles.